The third-order valence-corrected chi connectivity index (χ3v) is 4.26. The van der Waals surface area contributed by atoms with Gasteiger partial charge in [-0.05, 0) is 36.3 Å². The number of carbonyl (C=O) groups is 1. The minimum Gasteiger partial charge on any atom is -0.496 e. The highest BCUT2D eigenvalue weighted by Crippen LogP contribution is 2.37. The lowest BCUT2D eigenvalue weighted by Crippen LogP contribution is -2.19. The number of methoxy groups -OCH3 is 1. The number of amides is 1. The number of likely N-dealkylation sites (N-methyl/N-ethyl adjacent to an activating group) is 1. The molecule has 0 spiro atoms. The summed E-state index contributed by atoms with van der Waals surface area (Å²) in [5, 5.41) is 0.873. The molecule has 1 amide bonds. The third-order valence-electron chi connectivity index (χ3n) is 4.26. The van der Waals surface area contributed by atoms with E-state index < -0.39 is 0 Å². The molecule has 0 radical (unpaired) electrons. The molecule has 0 aliphatic carbocycles. The normalized spacial score (nSPS) is 11.7. The summed E-state index contributed by atoms with van der Waals surface area (Å²) in [7, 11) is 4.99. The molecule has 5 heteroatoms. The minimum atomic E-state index is -0.287. The number of furan rings is 1. The van der Waals surface area contributed by atoms with Crippen molar-refractivity contribution in [2.45, 2.75) is 6.92 Å². The Morgan fingerprint density at radius 2 is 1.88 bits per heavy atom. The van der Waals surface area contributed by atoms with Crippen molar-refractivity contribution in [1.29, 1.82) is 0 Å². The number of carbonyl (C=O) groups excluding carboxylic acids is 1. The predicted octanol–water partition coefficient (Wildman–Crippen LogP) is 4.74. The Morgan fingerprint density at radius 1 is 1.19 bits per heavy atom. The first-order valence-corrected chi connectivity index (χ1v) is 8.16. The fourth-order valence-electron chi connectivity index (χ4n) is 2.78. The van der Waals surface area contributed by atoms with Crippen LogP contribution in [0.4, 0.5) is 4.39 Å². The molecule has 0 saturated carbocycles. The maximum atomic E-state index is 13.2. The van der Waals surface area contributed by atoms with Gasteiger partial charge in [0, 0.05) is 42.8 Å². The van der Waals surface area contributed by atoms with E-state index >= 15 is 0 Å². The maximum absolute atomic E-state index is 13.2. The first-order valence-electron chi connectivity index (χ1n) is 8.16. The van der Waals surface area contributed by atoms with Crippen LogP contribution in [0.2, 0.25) is 0 Å². The SMILES string of the molecule is COc1cc2occ(-c3ccc(F)cc3)c2cc1/C(C)=C/C(=O)N(C)C. The lowest BCUT2D eigenvalue weighted by atomic mass is 9.99. The Bertz CT molecular complexity index is 984. The van der Waals surface area contributed by atoms with Gasteiger partial charge in [-0.15, -0.1) is 0 Å². The van der Waals surface area contributed by atoms with Crippen molar-refractivity contribution in [3.05, 3.63) is 60.1 Å². The highest BCUT2D eigenvalue weighted by Gasteiger charge is 2.15. The molecule has 0 fully saturated rings. The Morgan fingerprint density at radius 3 is 2.50 bits per heavy atom. The molecule has 26 heavy (non-hydrogen) atoms. The van der Waals surface area contributed by atoms with Gasteiger partial charge in [-0.2, -0.15) is 0 Å². The Labute approximate surface area is 151 Å². The molecular weight excluding hydrogens is 333 g/mol. The van der Waals surface area contributed by atoms with Gasteiger partial charge in [-0.25, -0.2) is 4.39 Å². The molecule has 3 aromatic rings. The molecule has 134 valence electrons. The van der Waals surface area contributed by atoms with E-state index in [1.54, 1.807) is 51.7 Å². The van der Waals surface area contributed by atoms with E-state index in [0.717, 1.165) is 27.6 Å². The van der Waals surface area contributed by atoms with Crippen molar-refractivity contribution in [3.8, 4) is 16.9 Å². The predicted molar refractivity (Wildman–Crippen MR) is 101 cm³/mol. The molecule has 3 rings (SSSR count). The summed E-state index contributed by atoms with van der Waals surface area (Å²) in [4.78, 5) is 13.5. The Kier molecular flexibility index (Phi) is 4.80. The van der Waals surface area contributed by atoms with E-state index in [4.69, 9.17) is 9.15 Å². The van der Waals surface area contributed by atoms with E-state index in [2.05, 4.69) is 0 Å². The summed E-state index contributed by atoms with van der Waals surface area (Å²) >= 11 is 0. The molecule has 0 aliphatic heterocycles. The number of ether oxygens (including phenoxy) is 1. The molecule has 0 N–H and O–H groups in total. The second-order valence-corrected chi connectivity index (χ2v) is 6.26. The van der Waals surface area contributed by atoms with E-state index in [9.17, 15) is 9.18 Å². The Balaban J connectivity index is 2.16. The lowest BCUT2D eigenvalue weighted by Gasteiger charge is -2.11. The number of hydrogen-bond acceptors (Lipinski definition) is 3. The monoisotopic (exact) mass is 353 g/mol. The van der Waals surface area contributed by atoms with Crippen molar-refractivity contribution in [1.82, 2.24) is 4.90 Å². The summed E-state index contributed by atoms with van der Waals surface area (Å²) in [5.41, 5.74) is 3.97. The summed E-state index contributed by atoms with van der Waals surface area (Å²) in [6, 6.07) is 9.99. The smallest absolute Gasteiger partial charge is 0.246 e. The van der Waals surface area contributed by atoms with Crippen LogP contribution in [0.25, 0.3) is 27.7 Å². The maximum Gasteiger partial charge on any atom is 0.246 e. The zero-order valence-electron chi connectivity index (χ0n) is 15.2. The quantitative estimate of drug-likeness (QED) is 0.636. The first-order chi connectivity index (χ1) is 12.4. The van der Waals surface area contributed by atoms with Crippen LogP contribution in [0.15, 0.2) is 53.2 Å². The molecule has 0 bridgehead atoms. The number of fused-ring (bicyclic) bond motifs is 1. The standard InChI is InChI=1S/C21H20FNO3/c1-13(9-21(24)23(2)3)16-10-17-18(14-5-7-15(22)8-6-14)12-26-20(17)11-19(16)25-4/h5-12H,1-4H3/b13-9+. The van der Waals surface area contributed by atoms with Crippen molar-refractivity contribution in [2.75, 3.05) is 21.2 Å². The van der Waals surface area contributed by atoms with Crippen LogP contribution in [0, 0.1) is 5.82 Å². The number of allylic oxidation sites excluding steroid dienone is 1. The molecule has 0 atom stereocenters. The number of nitrogens with zero attached hydrogens (tertiary/aromatic N) is 1. The van der Waals surface area contributed by atoms with Crippen molar-refractivity contribution < 1.29 is 18.3 Å². The van der Waals surface area contributed by atoms with Crippen LogP contribution in [0.1, 0.15) is 12.5 Å². The molecule has 2 aromatic carbocycles. The van der Waals surface area contributed by atoms with Gasteiger partial charge in [0.1, 0.15) is 17.1 Å². The molecule has 1 heterocycles. The van der Waals surface area contributed by atoms with Crippen molar-refractivity contribution in [2.24, 2.45) is 0 Å². The van der Waals surface area contributed by atoms with Gasteiger partial charge < -0.3 is 14.1 Å². The van der Waals surface area contributed by atoms with Crippen LogP contribution >= 0.6 is 0 Å². The minimum absolute atomic E-state index is 0.101. The van der Waals surface area contributed by atoms with Gasteiger partial charge in [0.2, 0.25) is 5.91 Å². The highest BCUT2D eigenvalue weighted by atomic mass is 19.1. The third kappa shape index (κ3) is 3.33. The summed E-state index contributed by atoms with van der Waals surface area (Å²) in [6.45, 7) is 1.86. The number of rotatable bonds is 4. The first kappa shape index (κ1) is 17.7. The lowest BCUT2D eigenvalue weighted by molar-refractivity contribution is -0.123. The van der Waals surface area contributed by atoms with E-state index in [0.29, 0.717) is 11.3 Å². The second kappa shape index (κ2) is 7.04. The Hall–Kier alpha value is -3.08. The number of benzene rings is 2. The topological polar surface area (TPSA) is 42.7 Å². The van der Waals surface area contributed by atoms with Crippen LogP contribution in [0.3, 0.4) is 0 Å². The van der Waals surface area contributed by atoms with E-state index in [1.165, 1.54) is 17.0 Å². The zero-order valence-corrected chi connectivity index (χ0v) is 15.2. The number of halogens is 1. The van der Waals surface area contributed by atoms with Gasteiger partial charge >= 0.3 is 0 Å². The van der Waals surface area contributed by atoms with E-state index in [1.807, 2.05) is 13.0 Å². The van der Waals surface area contributed by atoms with Crippen LogP contribution in [0.5, 0.6) is 5.75 Å². The largest absolute Gasteiger partial charge is 0.496 e. The second-order valence-electron chi connectivity index (χ2n) is 6.26. The average Bonchev–Trinajstić information content (AvgIpc) is 3.03. The molecule has 1 aromatic heterocycles. The zero-order chi connectivity index (χ0) is 18.8. The summed E-state index contributed by atoms with van der Waals surface area (Å²) in [6.07, 6.45) is 3.21. The van der Waals surface area contributed by atoms with Gasteiger partial charge in [0.15, 0.2) is 0 Å². The molecular formula is C21H20FNO3. The molecule has 0 aliphatic rings. The van der Waals surface area contributed by atoms with E-state index in [-0.39, 0.29) is 11.7 Å². The fourth-order valence-corrected chi connectivity index (χ4v) is 2.78. The molecule has 4 nitrogen and oxygen atoms in total. The molecule has 0 unspecified atom stereocenters. The summed E-state index contributed by atoms with van der Waals surface area (Å²) in [5.74, 6) is 0.235. The van der Waals surface area contributed by atoms with Crippen LogP contribution in [-0.4, -0.2) is 32.0 Å². The van der Waals surface area contributed by atoms with Gasteiger partial charge in [0.05, 0.1) is 13.4 Å². The average molecular weight is 353 g/mol. The van der Waals surface area contributed by atoms with Gasteiger partial charge in [-0.3, -0.25) is 4.79 Å². The van der Waals surface area contributed by atoms with Crippen molar-refractivity contribution >= 4 is 22.4 Å². The van der Waals surface area contributed by atoms with Gasteiger partial charge in [-0.1, -0.05) is 12.1 Å². The van der Waals surface area contributed by atoms with Crippen LogP contribution in [-0.2, 0) is 4.79 Å². The van der Waals surface area contributed by atoms with Crippen LogP contribution < -0.4 is 4.74 Å². The highest BCUT2D eigenvalue weighted by molar-refractivity contribution is 6.00. The fraction of sp³-hybridized carbons (Fsp3) is 0.190. The number of hydrogen-bond donors (Lipinski definition) is 0. The van der Waals surface area contributed by atoms with Gasteiger partial charge in [0.25, 0.3) is 0 Å². The molecule has 0 saturated heterocycles. The summed E-state index contributed by atoms with van der Waals surface area (Å²) < 4.78 is 24.3. The van der Waals surface area contributed by atoms with Crippen molar-refractivity contribution in [3.63, 3.8) is 0 Å².